The van der Waals surface area contributed by atoms with Crippen LogP contribution >= 0.6 is 0 Å². The van der Waals surface area contributed by atoms with Crippen molar-refractivity contribution in [3.63, 3.8) is 0 Å². The largest absolute Gasteiger partial charge is 0.334 e. The Morgan fingerprint density at radius 2 is 1.97 bits per heavy atom. The lowest BCUT2D eigenvalue weighted by Gasteiger charge is -2.55. The number of hydrogen-bond acceptors (Lipinski definition) is 5. The summed E-state index contributed by atoms with van der Waals surface area (Å²) in [7, 11) is 0. The van der Waals surface area contributed by atoms with Crippen LogP contribution in [0.4, 0.5) is 0 Å². The van der Waals surface area contributed by atoms with E-state index in [2.05, 4.69) is 31.4 Å². The minimum atomic E-state index is -0.580. The molecule has 3 aliphatic heterocycles. The van der Waals surface area contributed by atoms with Gasteiger partial charge >= 0.3 is 0 Å². The summed E-state index contributed by atoms with van der Waals surface area (Å²) < 4.78 is 1.79. The molecule has 2 bridgehead atoms. The molecule has 30 heavy (non-hydrogen) atoms. The number of aromatic nitrogens is 4. The Kier molecular flexibility index (Phi) is 4.70. The first-order valence-corrected chi connectivity index (χ1v) is 12.3. The molecule has 1 saturated carbocycles. The summed E-state index contributed by atoms with van der Waals surface area (Å²) in [6.07, 6.45) is 17.0. The van der Waals surface area contributed by atoms with Crippen molar-refractivity contribution in [2.45, 2.75) is 88.3 Å². The highest BCUT2D eigenvalue weighted by Gasteiger charge is 2.51. The second-order valence-corrected chi connectivity index (χ2v) is 10.4. The van der Waals surface area contributed by atoms with Gasteiger partial charge in [0, 0.05) is 19.1 Å². The van der Waals surface area contributed by atoms with Gasteiger partial charge in [0.1, 0.15) is 11.9 Å². The molecular weight excluding hydrogens is 376 g/mol. The van der Waals surface area contributed by atoms with Crippen molar-refractivity contribution in [3.05, 3.63) is 18.0 Å². The highest BCUT2D eigenvalue weighted by Crippen LogP contribution is 2.46. The Balaban J connectivity index is 1.34. The minimum Gasteiger partial charge on any atom is -0.334 e. The molecule has 7 heteroatoms. The zero-order valence-corrected chi connectivity index (χ0v) is 18.0. The van der Waals surface area contributed by atoms with Gasteiger partial charge in [-0.05, 0) is 73.8 Å². The van der Waals surface area contributed by atoms with E-state index in [1.54, 1.807) is 16.6 Å². The Morgan fingerprint density at radius 1 is 1.07 bits per heavy atom. The zero-order valence-electron chi connectivity index (χ0n) is 18.0. The van der Waals surface area contributed by atoms with Crippen LogP contribution in [0.15, 0.2) is 18.0 Å². The van der Waals surface area contributed by atoms with Crippen LogP contribution in [0, 0.1) is 11.8 Å². The van der Waals surface area contributed by atoms with E-state index in [1.807, 2.05) is 0 Å². The normalized spacial score (nSPS) is 35.9. The van der Waals surface area contributed by atoms with Crippen molar-refractivity contribution in [1.29, 1.82) is 0 Å². The van der Waals surface area contributed by atoms with E-state index < -0.39 is 5.54 Å². The molecule has 5 aliphatic rings. The molecular formula is C23H34N6O. The molecule has 162 valence electrons. The van der Waals surface area contributed by atoms with Gasteiger partial charge in [0.15, 0.2) is 0 Å². The molecule has 4 heterocycles. The van der Waals surface area contributed by atoms with Crippen LogP contribution in [0.25, 0.3) is 0 Å². The van der Waals surface area contributed by atoms with E-state index in [0.29, 0.717) is 17.9 Å². The number of amides is 1. The van der Waals surface area contributed by atoms with Crippen molar-refractivity contribution in [1.82, 2.24) is 30.0 Å². The van der Waals surface area contributed by atoms with Crippen molar-refractivity contribution in [3.8, 4) is 0 Å². The minimum absolute atomic E-state index is 0.282. The number of hydrogen-bond donors (Lipinski definition) is 0. The lowest BCUT2D eigenvalue weighted by atomic mass is 9.67. The first kappa shape index (κ1) is 19.0. The number of fused-ring (bicyclic) bond motifs is 6. The van der Waals surface area contributed by atoms with Crippen molar-refractivity contribution >= 4 is 5.91 Å². The molecule has 4 atom stereocenters. The molecule has 2 aliphatic carbocycles. The van der Waals surface area contributed by atoms with Gasteiger partial charge in [-0.2, -0.15) is 0 Å². The van der Waals surface area contributed by atoms with E-state index in [9.17, 15) is 4.79 Å². The Bertz CT molecular complexity index is 814. The zero-order chi connectivity index (χ0) is 20.1. The molecule has 4 fully saturated rings. The molecule has 0 spiro atoms. The topological polar surface area (TPSA) is 67.2 Å². The summed E-state index contributed by atoms with van der Waals surface area (Å²) in [6, 6.07) is 1.04. The number of nitrogens with zero attached hydrogens (tertiary/aromatic N) is 6. The fourth-order valence-electron chi connectivity index (χ4n) is 7.50. The van der Waals surface area contributed by atoms with Gasteiger partial charge in [0.2, 0.25) is 0 Å². The first-order valence-electron chi connectivity index (χ1n) is 12.3. The number of rotatable bonds is 2. The summed E-state index contributed by atoms with van der Waals surface area (Å²) >= 11 is 0. The number of likely N-dealkylation sites (tertiary alicyclic amines) is 1. The fraction of sp³-hybridized carbons (Fsp3) is 0.826. The Labute approximate surface area is 178 Å². The van der Waals surface area contributed by atoms with E-state index in [4.69, 9.17) is 0 Å². The second kappa shape index (κ2) is 7.43. The van der Waals surface area contributed by atoms with Crippen LogP contribution in [0.2, 0.25) is 0 Å². The van der Waals surface area contributed by atoms with E-state index in [-0.39, 0.29) is 5.91 Å². The van der Waals surface area contributed by atoms with E-state index >= 15 is 0 Å². The monoisotopic (exact) mass is 410 g/mol. The Hall–Kier alpha value is -1.76. The quantitative estimate of drug-likeness (QED) is 0.702. The predicted octanol–water partition coefficient (Wildman–Crippen LogP) is 2.75. The summed E-state index contributed by atoms with van der Waals surface area (Å²) in [5, 5.41) is 12.0. The lowest BCUT2D eigenvalue weighted by Crippen LogP contribution is -2.63. The number of tetrazole rings is 1. The molecule has 7 nitrogen and oxygen atoms in total. The third-order valence-corrected chi connectivity index (χ3v) is 8.78. The van der Waals surface area contributed by atoms with Crippen LogP contribution in [-0.4, -0.2) is 67.6 Å². The van der Waals surface area contributed by atoms with Crippen molar-refractivity contribution < 1.29 is 4.79 Å². The summed E-state index contributed by atoms with van der Waals surface area (Å²) in [4.78, 5) is 19.3. The smallest absolute Gasteiger partial charge is 0.251 e. The van der Waals surface area contributed by atoms with Gasteiger partial charge < -0.3 is 4.90 Å². The van der Waals surface area contributed by atoms with Crippen LogP contribution < -0.4 is 0 Å². The molecule has 0 aromatic carbocycles. The molecule has 2 unspecified atom stereocenters. The molecule has 1 aromatic heterocycles. The van der Waals surface area contributed by atoms with Crippen molar-refractivity contribution in [2.24, 2.45) is 11.8 Å². The Morgan fingerprint density at radius 3 is 2.80 bits per heavy atom. The predicted molar refractivity (Wildman–Crippen MR) is 113 cm³/mol. The second-order valence-electron chi connectivity index (χ2n) is 10.4. The molecule has 3 saturated heterocycles. The summed E-state index contributed by atoms with van der Waals surface area (Å²) in [5.74, 6) is 1.57. The number of piperidine rings is 3. The molecule has 6 rings (SSSR count). The van der Waals surface area contributed by atoms with Gasteiger partial charge in [-0.15, -0.1) is 5.10 Å². The van der Waals surface area contributed by atoms with Crippen LogP contribution in [0.1, 0.15) is 70.6 Å². The van der Waals surface area contributed by atoms with Gasteiger partial charge in [-0.25, -0.2) is 4.68 Å². The number of carbonyl (C=O) groups is 1. The van der Waals surface area contributed by atoms with Crippen LogP contribution in [0.3, 0.4) is 0 Å². The average Bonchev–Trinajstić information content (AvgIpc) is 3.34. The fourth-order valence-corrected chi connectivity index (χ4v) is 7.50. The molecule has 1 amide bonds. The van der Waals surface area contributed by atoms with E-state index in [0.717, 1.165) is 44.7 Å². The number of carbonyl (C=O) groups excluding carboxylic acids is 1. The average molecular weight is 411 g/mol. The highest BCUT2D eigenvalue weighted by atomic mass is 16.2. The summed E-state index contributed by atoms with van der Waals surface area (Å²) in [5.41, 5.74) is 0.979. The molecule has 0 N–H and O–H groups in total. The molecule has 1 aromatic rings. The third-order valence-electron chi connectivity index (χ3n) is 8.78. The lowest BCUT2D eigenvalue weighted by molar-refractivity contribution is -0.149. The van der Waals surface area contributed by atoms with Gasteiger partial charge in [-0.3, -0.25) is 9.69 Å². The van der Waals surface area contributed by atoms with E-state index in [1.165, 1.54) is 51.6 Å². The first-order chi connectivity index (χ1) is 14.8. The molecule has 0 radical (unpaired) electrons. The van der Waals surface area contributed by atoms with Gasteiger partial charge in [0.05, 0.1) is 6.04 Å². The highest BCUT2D eigenvalue weighted by molar-refractivity contribution is 5.85. The van der Waals surface area contributed by atoms with Crippen LogP contribution in [0.5, 0.6) is 0 Å². The maximum absolute atomic E-state index is 14.2. The maximum Gasteiger partial charge on any atom is 0.251 e. The third kappa shape index (κ3) is 2.88. The van der Waals surface area contributed by atoms with Crippen molar-refractivity contribution in [2.75, 3.05) is 19.6 Å². The summed E-state index contributed by atoms with van der Waals surface area (Å²) in [6.45, 7) is 3.30. The van der Waals surface area contributed by atoms with Gasteiger partial charge in [-0.1, -0.05) is 37.3 Å². The van der Waals surface area contributed by atoms with Gasteiger partial charge in [0.25, 0.3) is 5.91 Å². The maximum atomic E-state index is 14.2. The SMILES string of the molecule is O=C(N1CCCC2=C[C@@H]3C[C@@H](CN4CCCCC34)C21)C1(n2cnnn2)CCCCC1. The van der Waals surface area contributed by atoms with Crippen LogP contribution in [-0.2, 0) is 10.3 Å². The standard InChI is InChI=1S/C23H34N6O/c30-22(23(9-3-1-4-10-23)29-16-24-25-26-29)28-12-6-7-17-13-18-14-19(21(17)28)15-27-11-5-2-8-20(18)27/h13,16,18-21H,1-12,14-15H2/t18-,19+,20?,21?/m1/s1.